The molecule has 0 aliphatic rings. The van der Waals surface area contributed by atoms with Crippen molar-refractivity contribution in [1.82, 2.24) is 14.5 Å². The summed E-state index contributed by atoms with van der Waals surface area (Å²) >= 11 is 0. The number of imidazole rings is 1. The Bertz CT molecular complexity index is 1370. The third-order valence-electron chi connectivity index (χ3n) is 5.87. The molecule has 0 fully saturated rings. The van der Waals surface area contributed by atoms with Crippen LogP contribution in [0.25, 0.3) is 11.0 Å². The van der Waals surface area contributed by atoms with Crippen LogP contribution in [0.2, 0.25) is 0 Å². The van der Waals surface area contributed by atoms with Gasteiger partial charge in [-0.25, -0.2) is 4.98 Å². The maximum Gasteiger partial charge on any atom is 0.416 e. The summed E-state index contributed by atoms with van der Waals surface area (Å²) in [6.45, 7) is 5.19. The van der Waals surface area contributed by atoms with Crippen molar-refractivity contribution in [1.29, 1.82) is 5.41 Å². The smallest absolute Gasteiger partial charge is 0.416 e. The summed E-state index contributed by atoms with van der Waals surface area (Å²) in [6.07, 6.45) is -4.49. The maximum atomic E-state index is 13.2. The number of hydrogen-bond acceptors (Lipinski definition) is 5. The number of benzene rings is 2. The average molecular weight is 459 g/mol. The quantitative estimate of drug-likeness (QED) is 0.342. The van der Waals surface area contributed by atoms with Gasteiger partial charge in [0.2, 0.25) is 5.95 Å². The number of para-hydroxylation sites is 1. The molecule has 0 saturated carbocycles. The zero-order valence-corrected chi connectivity index (χ0v) is 18.3. The van der Waals surface area contributed by atoms with Crippen LogP contribution in [-0.2, 0) is 18.3 Å². The molecule has 0 aliphatic heterocycles. The Labute approximate surface area is 187 Å². The summed E-state index contributed by atoms with van der Waals surface area (Å²) in [6, 6.07) is 10.4. The number of aryl methyl sites for hydroxylation is 1. The highest BCUT2D eigenvalue weighted by Gasteiger charge is 2.34. The van der Waals surface area contributed by atoms with Gasteiger partial charge in [-0.15, -0.1) is 0 Å². The molecular weight excluding hydrogens is 435 g/mol. The van der Waals surface area contributed by atoms with Crippen molar-refractivity contribution in [3.8, 4) is 0 Å². The van der Waals surface area contributed by atoms with E-state index in [9.17, 15) is 18.3 Å². The van der Waals surface area contributed by atoms with Gasteiger partial charge in [0.1, 0.15) is 5.76 Å². The van der Waals surface area contributed by atoms with E-state index in [0.29, 0.717) is 29.3 Å². The molecule has 4 aromatic rings. The largest absolute Gasteiger partial charge is 0.429 e. The molecule has 4 rings (SSSR count). The Morgan fingerprint density at radius 3 is 2.48 bits per heavy atom. The molecule has 2 aromatic heterocycles. The summed E-state index contributed by atoms with van der Waals surface area (Å²) in [4.78, 5) is 7.73. The van der Waals surface area contributed by atoms with Crippen LogP contribution < -0.4 is 11.0 Å². The summed E-state index contributed by atoms with van der Waals surface area (Å²) < 4.78 is 46.7. The van der Waals surface area contributed by atoms with E-state index >= 15 is 0 Å². The lowest BCUT2D eigenvalue weighted by molar-refractivity contribution is -0.137. The number of fused-ring (bicyclic) bond motifs is 1. The minimum atomic E-state index is -4.49. The normalized spacial score (nSPS) is 13.9. The predicted molar refractivity (Wildman–Crippen MR) is 117 cm³/mol. The summed E-state index contributed by atoms with van der Waals surface area (Å²) in [5.41, 5.74) is 1.34. The summed E-state index contributed by atoms with van der Waals surface area (Å²) in [5.74, 6) is 0.971. The standard InChI is InChI=1S/C23H24F3N5O2/c1-13-14(2)33-20(27)31(13)11-15-6-4-9-18-19(15)29-21(28-18)30-22(3,12-32)16-7-5-8-17(10-16)23(24,25)26/h4-10,27,32H,11-12H2,1-3H3,(H2,28,29,30). The molecule has 1 unspecified atom stereocenters. The first-order valence-corrected chi connectivity index (χ1v) is 10.3. The van der Waals surface area contributed by atoms with Crippen LogP contribution in [0, 0.1) is 19.3 Å². The number of anilines is 1. The molecule has 1 atom stereocenters. The first kappa shape index (κ1) is 22.7. The van der Waals surface area contributed by atoms with Crippen LogP contribution >= 0.6 is 0 Å². The van der Waals surface area contributed by atoms with E-state index in [1.807, 2.05) is 25.1 Å². The van der Waals surface area contributed by atoms with Gasteiger partial charge < -0.3 is 19.8 Å². The molecule has 0 spiro atoms. The van der Waals surface area contributed by atoms with Crippen LogP contribution in [0.4, 0.5) is 19.1 Å². The molecule has 0 radical (unpaired) electrons. The number of rotatable bonds is 6. The highest BCUT2D eigenvalue weighted by molar-refractivity contribution is 5.81. The monoisotopic (exact) mass is 459 g/mol. The average Bonchev–Trinajstić information content (AvgIpc) is 3.28. The molecule has 0 amide bonds. The van der Waals surface area contributed by atoms with Gasteiger partial charge in [-0.2, -0.15) is 13.2 Å². The number of alkyl halides is 3. The molecule has 2 heterocycles. The SMILES string of the molecule is Cc1oc(=N)n(Cc2cccc3[nH]c(NC(C)(CO)c4cccc(C(F)(F)F)c4)nc23)c1C. The van der Waals surface area contributed by atoms with Gasteiger partial charge in [-0.05, 0) is 50.1 Å². The van der Waals surface area contributed by atoms with Crippen molar-refractivity contribution in [2.24, 2.45) is 0 Å². The Balaban J connectivity index is 1.69. The Morgan fingerprint density at radius 2 is 1.85 bits per heavy atom. The number of aromatic amines is 1. The van der Waals surface area contributed by atoms with Crippen LogP contribution in [0.5, 0.6) is 0 Å². The number of H-pyrrole nitrogens is 1. The number of nitrogens with zero attached hydrogens (tertiary/aromatic N) is 2. The fraction of sp³-hybridized carbons (Fsp3) is 0.304. The third-order valence-corrected chi connectivity index (χ3v) is 5.87. The molecule has 0 aliphatic carbocycles. The number of oxazole rings is 1. The Kier molecular flexibility index (Phi) is 5.57. The number of nitrogens with one attached hydrogen (secondary N) is 3. The minimum Gasteiger partial charge on any atom is -0.429 e. The number of aliphatic hydroxyl groups excluding tert-OH is 1. The molecule has 4 N–H and O–H groups in total. The van der Waals surface area contributed by atoms with E-state index in [1.54, 1.807) is 18.4 Å². The minimum absolute atomic E-state index is 0.0355. The van der Waals surface area contributed by atoms with Crippen LogP contribution in [-0.4, -0.2) is 26.2 Å². The lowest BCUT2D eigenvalue weighted by atomic mass is 9.91. The maximum absolute atomic E-state index is 13.2. The molecule has 174 valence electrons. The van der Waals surface area contributed by atoms with Crippen molar-refractivity contribution < 1.29 is 22.7 Å². The second-order valence-electron chi connectivity index (χ2n) is 8.23. The van der Waals surface area contributed by atoms with E-state index in [2.05, 4.69) is 15.3 Å². The van der Waals surface area contributed by atoms with Crippen LogP contribution in [0.1, 0.15) is 35.1 Å². The zero-order chi connectivity index (χ0) is 24.0. The van der Waals surface area contributed by atoms with E-state index in [0.717, 1.165) is 23.4 Å². The van der Waals surface area contributed by atoms with Crippen molar-refractivity contribution in [2.75, 3.05) is 11.9 Å². The highest BCUT2D eigenvalue weighted by atomic mass is 19.4. The Morgan fingerprint density at radius 1 is 1.15 bits per heavy atom. The summed E-state index contributed by atoms with van der Waals surface area (Å²) in [7, 11) is 0. The van der Waals surface area contributed by atoms with Gasteiger partial charge in [0.25, 0.3) is 5.68 Å². The van der Waals surface area contributed by atoms with E-state index in [4.69, 9.17) is 9.83 Å². The van der Waals surface area contributed by atoms with Crippen molar-refractivity contribution in [3.63, 3.8) is 0 Å². The highest BCUT2D eigenvalue weighted by Crippen LogP contribution is 2.33. The van der Waals surface area contributed by atoms with E-state index < -0.39 is 23.9 Å². The number of halogens is 3. The van der Waals surface area contributed by atoms with E-state index in [-0.39, 0.29) is 11.2 Å². The molecule has 10 heteroatoms. The zero-order valence-electron chi connectivity index (χ0n) is 18.3. The van der Waals surface area contributed by atoms with Gasteiger partial charge in [-0.3, -0.25) is 9.98 Å². The van der Waals surface area contributed by atoms with Crippen molar-refractivity contribution >= 4 is 17.0 Å². The van der Waals surface area contributed by atoms with Crippen LogP contribution in [0.3, 0.4) is 0 Å². The lowest BCUT2D eigenvalue weighted by Gasteiger charge is -2.29. The molecule has 33 heavy (non-hydrogen) atoms. The molecular formula is C23H24F3N5O2. The number of aromatic nitrogens is 3. The predicted octanol–water partition coefficient (Wildman–Crippen LogP) is 4.44. The number of hydrogen-bond donors (Lipinski definition) is 4. The number of aliphatic hydroxyl groups is 1. The lowest BCUT2D eigenvalue weighted by Crippen LogP contribution is -2.36. The third kappa shape index (κ3) is 4.25. The van der Waals surface area contributed by atoms with E-state index in [1.165, 1.54) is 12.1 Å². The first-order valence-electron chi connectivity index (χ1n) is 10.3. The van der Waals surface area contributed by atoms with Gasteiger partial charge in [0.15, 0.2) is 0 Å². The first-order chi connectivity index (χ1) is 15.5. The molecule has 0 saturated heterocycles. The summed E-state index contributed by atoms with van der Waals surface area (Å²) in [5, 5.41) is 21.2. The van der Waals surface area contributed by atoms with Gasteiger partial charge in [0.05, 0.1) is 41.0 Å². The van der Waals surface area contributed by atoms with Gasteiger partial charge >= 0.3 is 6.18 Å². The fourth-order valence-corrected chi connectivity index (χ4v) is 3.76. The topological polar surface area (TPSA) is 103 Å². The van der Waals surface area contributed by atoms with Crippen LogP contribution in [0.15, 0.2) is 46.9 Å². The van der Waals surface area contributed by atoms with Gasteiger partial charge in [0, 0.05) is 0 Å². The van der Waals surface area contributed by atoms with Gasteiger partial charge in [-0.1, -0.05) is 24.3 Å². The molecule has 7 nitrogen and oxygen atoms in total. The fourth-order valence-electron chi connectivity index (χ4n) is 3.76. The Hall–Kier alpha value is -3.53. The second kappa shape index (κ2) is 8.11. The molecule has 0 bridgehead atoms. The van der Waals surface area contributed by atoms with Crippen molar-refractivity contribution in [2.45, 2.75) is 39.0 Å². The van der Waals surface area contributed by atoms with Crippen molar-refractivity contribution in [3.05, 3.63) is 76.3 Å². The second-order valence-corrected chi connectivity index (χ2v) is 8.23. The molecule has 2 aromatic carbocycles.